The molecule has 1 heterocycles. The first-order valence-electron chi connectivity index (χ1n) is 8.65. The van der Waals surface area contributed by atoms with Crippen LogP contribution in [0.4, 0.5) is 17.1 Å². The molecule has 1 unspecified atom stereocenters. The van der Waals surface area contributed by atoms with E-state index in [1.165, 1.54) is 42.6 Å². The van der Waals surface area contributed by atoms with E-state index < -0.39 is 26.9 Å². The number of nitro benzene ring substituents is 2. The number of amidine groups is 1. The van der Waals surface area contributed by atoms with Crippen molar-refractivity contribution in [3.05, 3.63) is 74.3 Å². The van der Waals surface area contributed by atoms with Crippen LogP contribution in [-0.4, -0.2) is 38.3 Å². The van der Waals surface area contributed by atoms with Gasteiger partial charge in [-0.2, -0.15) is 5.10 Å². The van der Waals surface area contributed by atoms with Crippen molar-refractivity contribution in [1.29, 1.82) is 0 Å². The zero-order valence-electron chi connectivity index (χ0n) is 15.7. The molecular formula is C18H14N6O6S. The number of hydrogen-bond acceptors (Lipinski definition) is 9. The summed E-state index contributed by atoms with van der Waals surface area (Å²) in [5.41, 5.74) is 5.95. The molecule has 158 valence electrons. The van der Waals surface area contributed by atoms with Crippen molar-refractivity contribution in [1.82, 2.24) is 0 Å². The maximum atomic E-state index is 12.6. The molecule has 0 radical (unpaired) electrons. The molecule has 0 saturated carbocycles. The molecule has 2 N–H and O–H groups in total. The van der Waals surface area contributed by atoms with Gasteiger partial charge in [-0.25, -0.2) is 4.90 Å². The molecule has 3 rings (SSSR count). The molecule has 12 nitrogen and oxygen atoms in total. The molecule has 2 aromatic carbocycles. The second-order valence-corrected chi connectivity index (χ2v) is 7.41. The molecular weight excluding hydrogens is 428 g/mol. The van der Waals surface area contributed by atoms with E-state index in [4.69, 9.17) is 5.73 Å². The van der Waals surface area contributed by atoms with Gasteiger partial charge >= 0.3 is 0 Å². The van der Waals surface area contributed by atoms with Crippen LogP contribution in [0.1, 0.15) is 12.0 Å². The minimum Gasteiger partial charge on any atom is -0.377 e. The van der Waals surface area contributed by atoms with E-state index in [0.29, 0.717) is 5.56 Å². The predicted molar refractivity (Wildman–Crippen MR) is 114 cm³/mol. The quantitative estimate of drug-likeness (QED) is 0.233. The summed E-state index contributed by atoms with van der Waals surface area (Å²) in [6.07, 6.45) is 1.11. The Kier molecular flexibility index (Phi) is 6.35. The number of non-ortho nitro benzene ring substituents is 2. The van der Waals surface area contributed by atoms with Crippen molar-refractivity contribution >= 4 is 52.0 Å². The normalized spacial score (nSPS) is 16.8. The van der Waals surface area contributed by atoms with E-state index in [9.17, 15) is 29.8 Å². The molecule has 31 heavy (non-hydrogen) atoms. The van der Waals surface area contributed by atoms with Gasteiger partial charge in [0.2, 0.25) is 11.8 Å². The Morgan fingerprint density at radius 2 is 1.74 bits per heavy atom. The molecule has 0 aliphatic carbocycles. The highest BCUT2D eigenvalue weighted by molar-refractivity contribution is 8.14. The van der Waals surface area contributed by atoms with Crippen LogP contribution in [0.5, 0.6) is 0 Å². The lowest BCUT2D eigenvalue weighted by Crippen LogP contribution is -2.31. The number of nitrogens with two attached hydrogens (primary N) is 1. The zero-order chi connectivity index (χ0) is 22.5. The molecule has 1 aliphatic heterocycles. The Morgan fingerprint density at radius 1 is 1.10 bits per heavy atom. The largest absolute Gasteiger partial charge is 0.377 e. The maximum Gasteiger partial charge on any atom is 0.271 e. The van der Waals surface area contributed by atoms with Gasteiger partial charge < -0.3 is 5.73 Å². The number of carbonyl (C=O) groups is 2. The first-order chi connectivity index (χ1) is 14.8. The van der Waals surface area contributed by atoms with E-state index in [-0.39, 0.29) is 28.7 Å². The van der Waals surface area contributed by atoms with Crippen LogP contribution in [0.2, 0.25) is 0 Å². The van der Waals surface area contributed by atoms with Crippen molar-refractivity contribution < 1.29 is 19.4 Å². The second kappa shape index (κ2) is 9.13. The van der Waals surface area contributed by atoms with Crippen molar-refractivity contribution in [2.45, 2.75) is 11.7 Å². The Hall–Kier alpha value is -4.13. The molecule has 2 amide bonds. The van der Waals surface area contributed by atoms with Crippen LogP contribution in [0.15, 0.2) is 58.7 Å². The lowest BCUT2D eigenvalue weighted by Gasteiger charge is -2.14. The molecule has 13 heteroatoms. The third-order valence-corrected chi connectivity index (χ3v) is 5.09. The number of hydrogen-bond donors (Lipinski definition) is 1. The number of rotatable bonds is 6. The van der Waals surface area contributed by atoms with Crippen molar-refractivity contribution in [2.24, 2.45) is 15.9 Å². The predicted octanol–water partition coefficient (Wildman–Crippen LogP) is 2.22. The van der Waals surface area contributed by atoms with Gasteiger partial charge in [-0.3, -0.25) is 29.8 Å². The molecule has 2 aromatic rings. The summed E-state index contributed by atoms with van der Waals surface area (Å²) in [6, 6.07) is 10.9. The van der Waals surface area contributed by atoms with Gasteiger partial charge in [-0.1, -0.05) is 30.0 Å². The second-order valence-electron chi connectivity index (χ2n) is 6.19. The summed E-state index contributed by atoms with van der Waals surface area (Å²) in [4.78, 5) is 46.4. The van der Waals surface area contributed by atoms with Crippen LogP contribution in [-0.2, 0) is 9.59 Å². The van der Waals surface area contributed by atoms with Crippen molar-refractivity contribution in [2.75, 3.05) is 4.90 Å². The van der Waals surface area contributed by atoms with Crippen LogP contribution < -0.4 is 10.6 Å². The van der Waals surface area contributed by atoms with Crippen molar-refractivity contribution in [3.63, 3.8) is 0 Å². The lowest BCUT2D eigenvalue weighted by atomic mass is 10.2. The number of imide groups is 1. The number of nitro groups is 2. The highest BCUT2D eigenvalue weighted by Crippen LogP contribution is 2.31. The fraction of sp³-hybridized carbons (Fsp3) is 0.111. The Labute approximate surface area is 178 Å². The van der Waals surface area contributed by atoms with Crippen LogP contribution in [0.3, 0.4) is 0 Å². The SMILES string of the molecule is NC(=NN=Cc1cccc([N+](=O)[O-])c1)SC1CC(=O)N(c2cccc([N+](=O)[O-])c2)C1=O. The monoisotopic (exact) mass is 442 g/mol. The Morgan fingerprint density at radius 3 is 2.42 bits per heavy atom. The molecule has 1 fully saturated rings. The number of carbonyl (C=O) groups excluding carboxylic acids is 2. The van der Waals surface area contributed by atoms with Gasteiger partial charge in [0.1, 0.15) is 5.25 Å². The molecule has 0 bridgehead atoms. The highest BCUT2D eigenvalue weighted by Gasteiger charge is 2.41. The highest BCUT2D eigenvalue weighted by atomic mass is 32.2. The third-order valence-electron chi connectivity index (χ3n) is 4.11. The van der Waals surface area contributed by atoms with Gasteiger partial charge in [0.15, 0.2) is 5.17 Å². The molecule has 1 atom stereocenters. The summed E-state index contributed by atoms with van der Waals surface area (Å²) in [5.74, 6) is -1.09. The number of nitrogens with zero attached hydrogens (tertiary/aromatic N) is 5. The Balaban J connectivity index is 1.69. The van der Waals surface area contributed by atoms with Gasteiger partial charge in [0.25, 0.3) is 11.4 Å². The zero-order valence-corrected chi connectivity index (χ0v) is 16.5. The van der Waals surface area contributed by atoms with E-state index >= 15 is 0 Å². The van der Waals surface area contributed by atoms with Crippen LogP contribution in [0.25, 0.3) is 0 Å². The number of thioether (sulfide) groups is 1. The summed E-state index contributed by atoms with van der Waals surface area (Å²) >= 11 is 0.831. The number of benzene rings is 2. The summed E-state index contributed by atoms with van der Waals surface area (Å²) in [7, 11) is 0. The first-order valence-corrected chi connectivity index (χ1v) is 9.53. The fourth-order valence-electron chi connectivity index (χ4n) is 2.75. The standard InChI is InChI=1S/C18H14N6O6S/c19-18(21-20-10-11-3-1-5-13(7-11)23(27)28)31-15-9-16(25)22(17(15)26)12-4-2-6-14(8-12)24(29)30/h1-8,10,15H,9H2,(H2,19,21). The van der Waals surface area contributed by atoms with Gasteiger partial charge in [0, 0.05) is 36.2 Å². The minimum absolute atomic E-state index is 0.0891. The van der Waals surface area contributed by atoms with Gasteiger partial charge in [-0.05, 0) is 6.07 Å². The lowest BCUT2D eigenvalue weighted by molar-refractivity contribution is -0.385. The third kappa shape index (κ3) is 5.08. The number of amides is 2. The topological polar surface area (TPSA) is 174 Å². The van der Waals surface area contributed by atoms with Crippen molar-refractivity contribution in [3.8, 4) is 0 Å². The number of anilines is 1. The molecule has 0 aromatic heterocycles. The van der Waals surface area contributed by atoms with Gasteiger partial charge in [-0.15, -0.1) is 5.10 Å². The van der Waals surface area contributed by atoms with E-state index in [2.05, 4.69) is 10.2 Å². The van der Waals surface area contributed by atoms with Gasteiger partial charge in [0.05, 0.1) is 21.7 Å². The summed E-state index contributed by atoms with van der Waals surface area (Å²) in [6.45, 7) is 0. The minimum atomic E-state index is -0.858. The molecule has 1 aliphatic rings. The van der Waals surface area contributed by atoms with Crippen LogP contribution >= 0.6 is 11.8 Å². The van der Waals surface area contributed by atoms with E-state index in [1.807, 2.05) is 0 Å². The smallest absolute Gasteiger partial charge is 0.271 e. The summed E-state index contributed by atoms with van der Waals surface area (Å²) in [5, 5.41) is 28.2. The fourth-order valence-corrected chi connectivity index (χ4v) is 3.57. The average Bonchev–Trinajstić information content (AvgIpc) is 3.01. The van der Waals surface area contributed by atoms with E-state index in [1.54, 1.807) is 6.07 Å². The average molecular weight is 442 g/mol. The first kappa shape index (κ1) is 21.6. The maximum absolute atomic E-state index is 12.6. The molecule has 0 spiro atoms. The van der Waals surface area contributed by atoms with E-state index in [0.717, 1.165) is 22.7 Å². The van der Waals surface area contributed by atoms with Crippen LogP contribution in [0, 0.1) is 20.2 Å². The summed E-state index contributed by atoms with van der Waals surface area (Å²) < 4.78 is 0. The Bertz CT molecular complexity index is 1130. The molecule has 1 saturated heterocycles.